The SMILES string of the molecule is Cn1cc(-c2ccc3cnc(Sc4ccc5ncccc5c4)n3n2)cn1. The Bertz CT molecular complexity index is 1240. The van der Waals surface area contributed by atoms with Gasteiger partial charge in [0.05, 0.1) is 29.1 Å². The first-order valence-corrected chi connectivity index (χ1v) is 8.94. The van der Waals surface area contributed by atoms with Crippen LogP contribution in [0.5, 0.6) is 0 Å². The van der Waals surface area contributed by atoms with Gasteiger partial charge in [0.1, 0.15) is 0 Å². The van der Waals surface area contributed by atoms with Crippen molar-refractivity contribution in [3.05, 3.63) is 67.3 Å². The summed E-state index contributed by atoms with van der Waals surface area (Å²) in [5.74, 6) is 0. The molecule has 0 spiro atoms. The molecule has 0 atom stereocenters. The Morgan fingerprint density at radius 1 is 1.00 bits per heavy atom. The van der Waals surface area contributed by atoms with Gasteiger partial charge in [0.25, 0.3) is 0 Å². The lowest BCUT2D eigenvalue weighted by atomic mass is 10.2. The fraction of sp³-hybridized carbons (Fsp3) is 0.0526. The van der Waals surface area contributed by atoms with Crippen molar-refractivity contribution in [3.63, 3.8) is 0 Å². The lowest BCUT2D eigenvalue weighted by molar-refractivity contribution is 0.767. The van der Waals surface area contributed by atoms with Gasteiger partial charge in [0.2, 0.25) is 0 Å². The number of imidazole rings is 1. The van der Waals surface area contributed by atoms with Crippen LogP contribution < -0.4 is 0 Å². The normalized spacial score (nSPS) is 11.4. The third kappa shape index (κ3) is 2.62. The molecule has 6 nitrogen and oxygen atoms in total. The number of aryl methyl sites for hydroxylation is 1. The van der Waals surface area contributed by atoms with Gasteiger partial charge in [0.15, 0.2) is 5.16 Å². The van der Waals surface area contributed by atoms with Crippen molar-refractivity contribution >= 4 is 28.2 Å². The molecule has 0 bridgehead atoms. The second-order valence-corrected chi connectivity index (χ2v) is 7.00. The Morgan fingerprint density at radius 3 is 2.85 bits per heavy atom. The summed E-state index contributed by atoms with van der Waals surface area (Å²) in [4.78, 5) is 10.0. The molecule has 4 aromatic heterocycles. The van der Waals surface area contributed by atoms with Crippen molar-refractivity contribution in [1.29, 1.82) is 0 Å². The summed E-state index contributed by atoms with van der Waals surface area (Å²) in [6.07, 6.45) is 7.41. The Balaban J connectivity index is 1.55. The number of hydrogen-bond acceptors (Lipinski definition) is 5. The number of pyridine rings is 1. The zero-order chi connectivity index (χ0) is 17.5. The van der Waals surface area contributed by atoms with E-state index in [1.54, 1.807) is 22.6 Å². The lowest BCUT2D eigenvalue weighted by Gasteiger charge is -2.04. The average Bonchev–Trinajstić information content (AvgIpc) is 3.28. The van der Waals surface area contributed by atoms with Crippen LogP contribution in [0.25, 0.3) is 27.7 Å². The Hall–Kier alpha value is -3.19. The number of fused-ring (bicyclic) bond motifs is 2. The van der Waals surface area contributed by atoms with Crippen LogP contribution >= 0.6 is 11.8 Å². The van der Waals surface area contributed by atoms with Crippen LogP contribution in [0.2, 0.25) is 0 Å². The van der Waals surface area contributed by atoms with Gasteiger partial charge in [-0.25, -0.2) is 9.50 Å². The van der Waals surface area contributed by atoms with Crippen LogP contribution in [-0.2, 0) is 7.05 Å². The fourth-order valence-corrected chi connectivity index (χ4v) is 3.73. The van der Waals surface area contributed by atoms with Crippen LogP contribution in [0, 0.1) is 0 Å². The molecule has 0 radical (unpaired) electrons. The van der Waals surface area contributed by atoms with Gasteiger partial charge in [0, 0.05) is 35.3 Å². The molecule has 0 N–H and O–H groups in total. The fourth-order valence-electron chi connectivity index (χ4n) is 2.86. The van der Waals surface area contributed by atoms with Crippen LogP contribution in [0.4, 0.5) is 0 Å². The van der Waals surface area contributed by atoms with Gasteiger partial charge in [-0.3, -0.25) is 9.67 Å². The molecule has 1 aromatic carbocycles. The highest BCUT2D eigenvalue weighted by molar-refractivity contribution is 7.99. The number of aromatic nitrogens is 6. The second kappa shape index (κ2) is 5.96. The van der Waals surface area contributed by atoms with Crippen LogP contribution in [0.3, 0.4) is 0 Å². The van der Waals surface area contributed by atoms with Gasteiger partial charge in [-0.15, -0.1) is 0 Å². The first-order valence-electron chi connectivity index (χ1n) is 8.13. The van der Waals surface area contributed by atoms with Gasteiger partial charge in [-0.1, -0.05) is 6.07 Å². The van der Waals surface area contributed by atoms with E-state index in [-0.39, 0.29) is 0 Å². The maximum absolute atomic E-state index is 4.74. The maximum Gasteiger partial charge on any atom is 0.194 e. The molecular formula is C19H14N6S. The predicted molar refractivity (Wildman–Crippen MR) is 101 cm³/mol. The zero-order valence-corrected chi connectivity index (χ0v) is 14.8. The minimum Gasteiger partial charge on any atom is -0.275 e. The number of nitrogens with zero attached hydrogens (tertiary/aromatic N) is 6. The monoisotopic (exact) mass is 358 g/mol. The van der Waals surface area contributed by atoms with Crippen molar-refractivity contribution in [2.24, 2.45) is 7.05 Å². The molecule has 0 aliphatic rings. The Kier molecular flexibility index (Phi) is 3.46. The van der Waals surface area contributed by atoms with Gasteiger partial charge in [-0.05, 0) is 48.2 Å². The molecule has 0 fully saturated rings. The van der Waals surface area contributed by atoms with Gasteiger partial charge >= 0.3 is 0 Å². The Morgan fingerprint density at radius 2 is 1.96 bits per heavy atom. The van der Waals surface area contributed by atoms with Crippen molar-refractivity contribution in [2.45, 2.75) is 10.1 Å². The second-order valence-electron chi connectivity index (χ2n) is 5.96. The Labute approximate surface area is 153 Å². The molecule has 0 saturated carbocycles. The molecule has 7 heteroatoms. The summed E-state index contributed by atoms with van der Waals surface area (Å²) in [7, 11) is 1.90. The molecule has 0 aliphatic heterocycles. The van der Waals surface area contributed by atoms with E-state index in [0.29, 0.717) is 0 Å². The van der Waals surface area contributed by atoms with E-state index in [1.165, 1.54) is 0 Å². The number of benzene rings is 1. The van der Waals surface area contributed by atoms with Crippen LogP contribution in [0.1, 0.15) is 0 Å². The number of rotatable bonds is 3. The third-order valence-corrected chi connectivity index (χ3v) is 5.09. The smallest absolute Gasteiger partial charge is 0.194 e. The molecule has 26 heavy (non-hydrogen) atoms. The average molecular weight is 358 g/mol. The van der Waals surface area contributed by atoms with Gasteiger partial charge in [-0.2, -0.15) is 10.2 Å². The first kappa shape index (κ1) is 15.1. The van der Waals surface area contributed by atoms with Crippen LogP contribution in [-0.4, -0.2) is 29.4 Å². The summed E-state index contributed by atoms with van der Waals surface area (Å²) < 4.78 is 3.65. The lowest BCUT2D eigenvalue weighted by Crippen LogP contribution is -1.95. The molecule has 5 aromatic rings. The first-order chi connectivity index (χ1) is 12.8. The van der Waals surface area contributed by atoms with E-state index < -0.39 is 0 Å². The minimum atomic E-state index is 0.828. The van der Waals surface area contributed by atoms with Crippen LogP contribution in [0.15, 0.2) is 77.3 Å². The third-order valence-electron chi connectivity index (χ3n) is 4.14. The molecule has 126 valence electrons. The van der Waals surface area contributed by atoms with E-state index >= 15 is 0 Å². The molecule has 0 unspecified atom stereocenters. The topological polar surface area (TPSA) is 60.9 Å². The van der Waals surface area contributed by atoms with E-state index in [0.717, 1.165) is 37.7 Å². The van der Waals surface area contributed by atoms with E-state index in [1.807, 2.05) is 54.4 Å². The quantitative estimate of drug-likeness (QED) is 0.490. The number of hydrogen-bond donors (Lipinski definition) is 0. The summed E-state index contributed by atoms with van der Waals surface area (Å²) in [5, 5.41) is 10.9. The molecular weight excluding hydrogens is 344 g/mol. The molecule has 4 heterocycles. The van der Waals surface area contributed by atoms with Crippen molar-refractivity contribution < 1.29 is 0 Å². The zero-order valence-electron chi connectivity index (χ0n) is 13.9. The molecule has 0 amide bonds. The summed E-state index contributed by atoms with van der Waals surface area (Å²) in [6, 6.07) is 14.2. The van der Waals surface area contributed by atoms with E-state index in [4.69, 9.17) is 5.10 Å². The van der Waals surface area contributed by atoms with Crippen molar-refractivity contribution in [1.82, 2.24) is 29.4 Å². The largest absolute Gasteiger partial charge is 0.275 e. The highest BCUT2D eigenvalue weighted by atomic mass is 32.2. The van der Waals surface area contributed by atoms with E-state index in [9.17, 15) is 0 Å². The van der Waals surface area contributed by atoms with Crippen molar-refractivity contribution in [2.75, 3.05) is 0 Å². The summed E-state index contributed by atoms with van der Waals surface area (Å²) >= 11 is 1.59. The minimum absolute atomic E-state index is 0.828. The summed E-state index contributed by atoms with van der Waals surface area (Å²) in [6.45, 7) is 0. The van der Waals surface area contributed by atoms with Crippen molar-refractivity contribution in [3.8, 4) is 11.3 Å². The summed E-state index contributed by atoms with van der Waals surface area (Å²) in [5.41, 5.74) is 3.80. The molecule has 5 rings (SSSR count). The van der Waals surface area contributed by atoms with Gasteiger partial charge < -0.3 is 0 Å². The molecule has 0 saturated heterocycles. The van der Waals surface area contributed by atoms with E-state index in [2.05, 4.69) is 33.3 Å². The highest BCUT2D eigenvalue weighted by Crippen LogP contribution is 2.29. The molecule has 0 aliphatic carbocycles. The maximum atomic E-state index is 4.74. The predicted octanol–water partition coefficient (Wildman–Crippen LogP) is 3.83. The highest BCUT2D eigenvalue weighted by Gasteiger charge is 2.10. The standard InChI is InChI=1S/C19H14N6S/c1-24-12-14(10-22-24)18-6-4-15-11-21-19(25(15)23-18)26-16-5-7-17-13(9-16)3-2-8-20-17/h2-12H,1H3.